The summed E-state index contributed by atoms with van der Waals surface area (Å²) in [5.41, 5.74) is 0. The Balaban J connectivity index is 0. The molecule has 0 saturated heterocycles. The summed E-state index contributed by atoms with van der Waals surface area (Å²) in [5.74, 6) is -1.27. The van der Waals surface area contributed by atoms with E-state index in [1.165, 1.54) is 0 Å². The predicted molar refractivity (Wildman–Crippen MR) is 27.6 cm³/mol. The average molecular weight is 224 g/mol. The van der Waals surface area contributed by atoms with Gasteiger partial charge in [-0.05, 0) is 0 Å². The summed E-state index contributed by atoms with van der Waals surface area (Å²) in [6.07, 6.45) is -0.0250. The molecule has 57 valence electrons. The van der Waals surface area contributed by atoms with Gasteiger partial charge in [-0.3, -0.25) is 9.59 Å². The van der Waals surface area contributed by atoms with Crippen molar-refractivity contribution in [2.45, 2.75) is 19.8 Å². The second kappa shape index (κ2) is 6.01. The monoisotopic (exact) mass is 223 g/mol. The van der Waals surface area contributed by atoms with Gasteiger partial charge >= 0.3 is 5.97 Å². The van der Waals surface area contributed by atoms with Crippen LogP contribution in [0.25, 0.3) is 0 Å². The molecule has 9 heavy (non-hydrogen) atoms. The fourth-order valence-corrected chi connectivity index (χ4v) is 0.294. The van der Waals surface area contributed by atoms with Crippen LogP contribution in [0.2, 0.25) is 0 Å². The summed E-state index contributed by atoms with van der Waals surface area (Å²) in [5, 5.41) is 7.99. The van der Waals surface area contributed by atoms with E-state index >= 15 is 0 Å². The molecule has 0 aromatic rings. The molecule has 0 bridgehead atoms. The quantitative estimate of drug-likeness (QED) is 0.558. The van der Waals surface area contributed by atoms with Crippen molar-refractivity contribution in [2.24, 2.45) is 0 Å². The maximum absolute atomic E-state index is 10.2. The van der Waals surface area contributed by atoms with E-state index in [0.29, 0.717) is 6.42 Å². The van der Waals surface area contributed by atoms with Gasteiger partial charge in [0.05, 0.1) is 0 Å². The number of rotatable bonds is 3. The molecule has 0 amide bonds. The number of hydrogen-bond acceptors (Lipinski definition) is 2. The first kappa shape index (κ1) is 11.6. The van der Waals surface area contributed by atoms with Crippen molar-refractivity contribution in [1.82, 2.24) is 0 Å². The van der Waals surface area contributed by atoms with Crippen molar-refractivity contribution < 1.29 is 37.1 Å². The van der Waals surface area contributed by atoms with Crippen molar-refractivity contribution in [1.29, 1.82) is 0 Å². The first-order valence-corrected chi connectivity index (χ1v) is 2.40. The van der Waals surface area contributed by atoms with Crippen molar-refractivity contribution in [2.75, 3.05) is 0 Å². The summed E-state index contributed by atoms with van der Waals surface area (Å²) in [7, 11) is 0. The maximum Gasteiger partial charge on any atom is 0.310 e. The molecule has 0 heterocycles. The molecule has 1 N–H and O–H groups in total. The summed E-state index contributed by atoms with van der Waals surface area (Å²) < 4.78 is 0. The normalized spacial score (nSPS) is 7.67. The Bertz CT molecular complexity index is 111. The molecule has 0 aliphatic heterocycles. The summed E-state index contributed by atoms with van der Waals surface area (Å²) in [6.45, 7) is 1.64. The molecular weight excluding hydrogens is 216 g/mol. The Morgan fingerprint density at radius 3 is 2.00 bits per heavy atom. The van der Waals surface area contributed by atoms with Crippen LogP contribution in [0.15, 0.2) is 0 Å². The van der Waals surface area contributed by atoms with E-state index in [1.54, 1.807) is 6.92 Å². The van der Waals surface area contributed by atoms with Crippen molar-refractivity contribution in [3.63, 3.8) is 0 Å². The van der Waals surface area contributed by atoms with E-state index in [2.05, 4.69) is 0 Å². The van der Waals surface area contributed by atoms with E-state index < -0.39 is 5.97 Å². The van der Waals surface area contributed by atoms with Crippen LogP contribution in [-0.2, 0) is 32.0 Å². The van der Waals surface area contributed by atoms with Gasteiger partial charge in [-0.25, -0.2) is 0 Å². The van der Waals surface area contributed by atoms with Gasteiger partial charge in [0.25, 0.3) is 0 Å². The molecule has 0 aromatic heterocycles. The van der Waals surface area contributed by atoms with E-state index in [4.69, 9.17) is 5.11 Å². The first-order valence-electron chi connectivity index (χ1n) is 2.40. The fourth-order valence-electron chi connectivity index (χ4n) is 0.294. The molecule has 0 saturated carbocycles. The molecular formula is C5H8AgO3. The third-order valence-electron chi connectivity index (χ3n) is 0.743. The summed E-state index contributed by atoms with van der Waals surface area (Å²) >= 11 is 0. The molecule has 0 spiro atoms. The number of Topliss-reactive ketones (excluding diaryl/α,β-unsaturated/α-hetero) is 1. The van der Waals surface area contributed by atoms with Gasteiger partial charge in [-0.1, -0.05) is 6.92 Å². The topological polar surface area (TPSA) is 54.4 Å². The van der Waals surface area contributed by atoms with E-state index in [0.717, 1.165) is 0 Å². The van der Waals surface area contributed by atoms with Crippen LogP contribution in [-0.4, -0.2) is 16.9 Å². The Labute approximate surface area is 68.9 Å². The Morgan fingerprint density at radius 2 is 1.89 bits per heavy atom. The Kier molecular flexibility index (Phi) is 7.78. The van der Waals surface area contributed by atoms with Crippen LogP contribution in [0, 0.1) is 0 Å². The third-order valence-corrected chi connectivity index (χ3v) is 0.743. The average Bonchev–Trinajstić information content (AvgIpc) is 1.65. The van der Waals surface area contributed by atoms with Crippen molar-refractivity contribution in [3.8, 4) is 0 Å². The van der Waals surface area contributed by atoms with Gasteiger partial charge in [0, 0.05) is 28.8 Å². The second-order valence-electron chi connectivity index (χ2n) is 1.46. The van der Waals surface area contributed by atoms with Gasteiger partial charge in [0.2, 0.25) is 0 Å². The minimum Gasteiger partial charge on any atom is -0.481 e. The summed E-state index contributed by atoms with van der Waals surface area (Å²) in [6, 6.07) is 0. The molecule has 0 rings (SSSR count). The van der Waals surface area contributed by atoms with Gasteiger partial charge < -0.3 is 5.11 Å². The van der Waals surface area contributed by atoms with E-state index in [9.17, 15) is 9.59 Å². The molecule has 4 heteroatoms. The number of ketones is 1. The van der Waals surface area contributed by atoms with Gasteiger partial charge in [0.15, 0.2) is 0 Å². The zero-order chi connectivity index (χ0) is 6.57. The molecule has 0 aromatic carbocycles. The number of hydrogen-bond donors (Lipinski definition) is 1. The zero-order valence-corrected chi connectivity index (χ0v) is 6.46. The molecule has 3 nitrogen and oxygen atoms in total. The van der Waals surface area contributed by atoms with Gasteiger partial charge in [-0.15, -0.1) is 0 Å². The number of carbonyl (C=O) groups is 2. The van der Waals surface area contributed by atoms with Crippen molar-refractivity contribution >= 4 is 11.8 Å². The maximum atomic E-state index is 10.2. The molecule has 0 aliphatic carbocycles. The molecule has 0 fully saturated rings. The number of carboxylic acid groups (broad SMARTS) is 1. The first-order chi connectivity index (χ1) is 3.66. The number of aliphatic carboxylic acids is 1. The number of carboxylic acids is 1. The van der Waals surface area contributed by atoms with Crippen LogP contribution >= 0.6 is 0 Å². The molecule has 0 aliphatic rings. The predicted octanol–water partition coefficient (Wildman–Crippen LogP) is 0.438. The minimum absolute atomic E-state index is 0. The largest absolute Gasteiger partial charge is 0.481 e. The smallest absolute Gasteiger partial charge is 0.310 e. The summed E-state index contributed by atoms with van der Waals surface area (Å²) in [4.78, 5) is 20.0. The second-order valence-corrected chi connectivity index (χ2v) is 1.46. The van der Waals surface area contributed by atoms with Crippen LogP contribution in [0.4, 0.5) is 0 Å². The van der Waals surface area contributed by atoms with Crippen LogP contribution in [0.5, 0.6) is 0 Å². The SMILES string of the molecule is CCC(=O)CC(=O)O.[Ag]. The van der Waals surface area contributed by atoms with Crippen molar-refractivity contribution in [3.05, 3.63) is 0 Å². The standard InChI is InChI=1S/C5H8O3.Ag/c1-2-4(6)3-5(7)8;/h2-3H2,1H3,(H,7,8);. The fraction of sp³-hybridized carbons (Fsp3) is 0.600. The minimum atomic E-state index is -1.04. The zero-order valence-electron chi connectivity index (χ0n) is 4.98. The van der Waals surface area contributed by atoms with Gasteiger partial charge in [0.1, 0.15) is 12.2 Å². The third kappa shape index (κ3) is 7.88. The molecule has 0 unspecified atom stereocenters. The van der Waals surface area contributed by atoms with E-state index in [1.807, 2.05) is 0 Å². The van der Waals surface area contributed by atoms with Crippen LogP contribution in [0.1, 0.15) is 19.8 Å². The molecule has 0 atom stereocenters. The Hall–Kier alpha value is -0.120. The van der Waals surface area contributed by atoms with E-state index in [-0.39, 0.29) is 34.6 Å². The van der Waals surface area contributed by atoms with Gasteiger partial charge in [-0.2, -0.15) is 0 Å². The van der Waals surface area contributed by atoms with Crippen LogP contribution in [0.3, 0.4) is 0 Å². The number of carbonyl (C=O) groups excluding carboxylic acids is 1. The molecule has 1 radical (unpaired) electrons. The Morgan fingerprint density at radius 1 is 1.44 bits per heavy atom. The van der Waals surface area contributed by atoms with Crippen LogP contribution < -0.4 is 0 Å².